The summed E-state index contributed by atoms with van der Waals surface area (Å²) in [5.74, 6) is 0.383. The molecule has 0 heterocycles. The molecule has 6 heteroatoms. The molecule has 3 aromatic rings. The van der Waals surface area contributed by atoms with Gasteiger partial charge in [0.05, 0.1) is 11.5 Å². The van der Waals surface area contributed by atoms with E-state index in [0.29, 0.717) is 18.1 Å². The standard InChI is InChI=1S/C23H22N2O3S/c1-3-28-23(20-12-8-5-9-13-20)24-22(19-10-6-4-7-11-19)25-29(26,27)21-16-14-18(2)15-17-21/h4-17H,3H2,1-2H3/b24-23?,25-22+. The van der Waals surface area contributed by atoms with Crippen LogP contribution in [0.1, 0.15) is 23.6 Å². The van der Waals surface area contributed by atoms with Gasteiger partial charge in [-0.2, -0.15) is 13.4 Å². The minimum absolute atomic E-state index is 0.0680. The molecule has 0 unspecified atom stereocenters. The van der Waals surface area contributed by atoms with Crippen molar-refractivity contribution in [1.82, 2.24) is 0 Å². The van der Waals surface area contributed by atoms with E-state index in [-0.39, 0.29) is 10.7 Å². The molecule has 0 spiro atoms. The molecule has 29 heavy (non-hydrogen) atoms. The molecule has 0 saturated carbocycles. The van der Waals surface area contributed by atoms with Crippen LogP contribution in [0.15, 0.2) is 99.2 Å². The number of sulfonamides is 1. The minimum atomic E-state index is -3.94. The Morgan fingerprint density at radius 1 is 0.828 bits per heavy atom. The third-order valence-electron chi connectivity index (χ3n) is 4.07. The lowest BCUT2D eigenvalue weighted by Crippen LogP contribution is -2.12. The zero-order chi connectivity index (χ0) is 20.7. The summed E-state index contributed by atoms with van der Waals surface area (Å²) in [6.07, 6.45) is 0. The largest absolute Gasteiger partial charge is 0.477 e. The first-order chi connectivity index (χ1) is 14.0. The average Bonchev–Trinajstić information content (AvgIpc) is 2.74. The number of benzene rings is 3. The van der Waals surface area contributed by atoms with Crippen molar-refractivity contribution in [2.45, 2.75) is 18.7 Å². The third-order valence-corrected chi connectivity index (χ3v) is 5.35. The van der Waals surface area contributed by atoms with Crippen molar-refractivity contribution in [2.75, 3.05) is 6.61 Å². The first-order valence-corrected chi connectivity index (χ1v) is 10.7. The fourth-order valence-corrected chi connectivity index (χ4v) is 3.55. The summed E-state index contributed by atoms with van der Waals surface area (Å²) in [5.41, 5.74) is 2.29. The van der Waals surface area contributed by atoms with Gasteiger partial charge >= 0.3 is 0 Å². The lowest BCUT2D eigenvalue weighted by molar-refractivity contribution is 0.329. The predicted molar refractivity (Wildman–Crippen MR) is 116 cm³/mol. The van der Waals surface area contributed by atoms with Crippen LogP contribution < -0.4 is 0 Å². The summed E-state index contributed by atoms with van der Waals surface area (Å²) < 4.78 is 35.5. The van der Waals surface area contributed by atoms with Crippen LogP contribution in [0.25, 0.3) is 0 Å². The summed E-state index contributed by atoms with van der Waals surface area (Å²) in [7, 11) is -3.94. The predicted octanol–water partition coefficient (Wildman–Crippen LogP) is 4.61. The van der Waals surface area contributed by atoms with E-state index >= 15 is 0 Å². The number of hydrogen-bond donors (Lipinski definition) is 0. The molecule has 0 atom stereocenters. The Bertz CT molecular complexity index is 1110. The summed E-state index contributed by atoms with van der Waals surface area (Å²) in [4.78, 5) is 4.61. The summed E-state index contributed by atoms with van der Waals surface area (Å²) in [6, 6.07) is 24.9. The number of rotatable bonds is 5. The van der Waals surface area contributed by atoms with Crippen LogP contribution in [-0.4, -0.2) is 26.8 Å². The Balaban J connectivity index is 2.14. The molecule has 0 radical (unpaired) electrons. The molecule has 0 N–H and O–H groups in total. The molecule has 5 nitrogen and oxygen atoms in total. The van der Waals surface area contributed by atoms with Gasteiger partial charge in [0.1, 0.15) is 0 Å². The van der Waals surface area contributed by atoms with Crippen molar-refractivity contribution in [2.24, 2.45) is 9.39 Å². The van der Waals surface area contributed by atoms with Crippen LogP contribution in [0.2, 0.25) is 0 Å². The van der Waals surface area contributed by atoms with E-state index in [1.54, 1.807) is 36.4 Å². The van der Waals surface area contributed by atoms with Gasteiger partial charge in [0.25, 0.3) is 10.0 Å². The smallest absolute Gasteiger partial charge is 0.284 e. The minimum Gasteiger partial charge on any atom is -0.477 e. The maximum absolute atomic E-state index is 12.9. The van der Waals surface area contributed by atoms with Gasteiger partial charge in [-0.15, -0.1) is 4.40 Å². The van der Waals surface area contributed by atoms with E-state index in [2.05, 4.69) is 9.39 Å². The fraction of sp³-hybridized carbons (Fsp3) is 0.130. The van der Waals surface area contributed by atoms with E-state index in [9.17, 15) is 8.42 Å². The normalized spacial score (nSPS) is 12.6. The van der Waals surface area contributed by atoms with Gasteiger partial charge in [-0.05, 0) is 38.1 Å². The molecule has 0 fully saturated rings. The van der Waals surface area contributed by atoms with E-state index in [1.807, 2.05) is 62.4 Å². The van der Waals surface area contributed by atoms with E-state index < -0.39 is 10.0 Å². The molecule has 0 bridgehead atoms. The monoisotopic (exact) mass is 406 g/mol. The van der Waals surface area contributed by atoms with Crippen LogP contribution >= 0.6 is 0 Å². The van der Waals surface area contributed by atoms with Gasteiger partial charge < -0.3 is 4.74 Å². The van der Waals surface area contributed by atoms with Crippen LogP contribution in [0.4, 0.5) is 0 Å². The Morgan fingerprint density at radius 3 is 1.93 bits per heavy atom. The van der Waals surface area contributed by atoms with E-state index in [1.165, 1.54) is 0 Å². The zero-order valence-corrected chi connectivity index (χ0v) is 17.1. The molecule has 3 rings (SSSR count). The second-order valence-electron chi connectivity index (χ2n) is 6.29. The van der Waals surface area contributed by atoms with Crippen molar-refractivity contribution in [3.05, 3.63) is 102 Å². The molecule has 148 valence electrons. The first kappa shape index (κ1) is 20.5. The molecule has 3 aromatic carbocycles. The highest BCUT2D eigenvalue weighted by Gasteiger charge is 2.17. The van der Waals surface area contributed by atoms with Gasteiger partial charge in [-0.3, -0.25) is 0 Å². The van der Waals surface area contributed by atoms with E-state index in [4.69, 9.17) is 4.74 Å². The highest BCUT2D eigenvalue weighted by Crippen LogP contribution is 2.16. The van der Waals surface area contributed by atoms with Crippen LogP contribution in [0.3, 0.4) is 0 Å². The van der Waals surface area contributed by atoms with E-state index in [0.717, 1.165) is 11.1 Å². The third kappa shape index (κ3) is 5.39. The van der Waals surface area contributed by atoms with Crippen molar-refractivity contribution in [3.63, 3.8) is 0 Å². The van der Waals surface area contributed by atoms with Crippen molar-refractivity contribution < 1.29 is 13.2 Å². The van der Waals surface area contributed by atoms with Crippen LogP contribution in [0.5, 0.6) is 0 Å². The van der Waals surface area contributed by atoms with Gasteiger partial charge in [0, 0.05) is 11.1 Å². The van der Waals surface area contributed by atoms with Crippen molar-refractivity contribution in [3.8, 4) is 0 Å². The Kier molecular flexibility index (Phi) is 6.57. The Hall–Kier alpha value is -3.25. The number of nitrogens with zero attached hydrogens (tertiary/aromatic N) is 2. The summed E-state index contributed by atoms with van der Waals surface area (Å²) in [5, 5.41) is 0. The average molecular weight is 407 g/mol. The molecule has 0 amide bonds. The highest BCUT2D eigenvalue weighted by molar-refractivity contribution is 7.90. The van der Waals surface area contributed by atoms with Crippen molar-refractivity contribution in [1.29, 1.82) is 0 Å². The number of amidine groups is 1. The van der Waals surface area contributed by atoms with Gasteiger partial charge in [0.15, 0.2) is 5.84 Å². The lowest BCUT2D eigenvalue weighted by atomic mass is 10.2. The number of aryl methyl sites for hydroxylation is 1. The van der Waals surface area contributed by atoms with Crippen LogP contribution in [0, 0.1) is 6.92 Å². The van der Waals surface area contributed by atoms with Gasteiger partial charge in [-0.1, -0.05) is 66.2 Å². The topological polar surface area (TPSA) is 68.1 Å². The number of ether oxygens (including phenoxy) is 1. The molecule has 0 aliphatic carbocycles. The van der Waals surface area contributed by atoms with Gasteiger partial charge in [0.2, 0.25) is 5.90 Å². The van der Waals surface area contributed by atoms with Crippen molar-refractivity contribution >= 4 is 21.8 Å². The first-order valence-electron chi connectivity index (χ1n) is 9.23. The maximum Gasteiger partial charge on any atom is 0.284 e. The summed E-state index contributed by atoms with van der Waals surface area (Å²) >= 11 is 0. The second kappa shape index (κ2) is 9.30. The Morgan fingerprint density at radius 2 is 1.38 bits per heavy atom. The molecular weight excluding hydrogens is 384 g/mol. The number of aliphatic imine (C=N–C) groups is 1. The maximum atomic E-state index is 12.9. The quantitative estimate of drug-likeness (QED) is 0.459. The molecular formula is C23H22N2O3S. The highest BCUT2D eigenvalue weighted by atomic mass is 32.2. The van der Waals surface area contributed by atoms with Gasteiger partial charge in [-0.25, -0.2) is 0 Å². The summed E-state index contributed by atoms with van der Waals surface area (Å²) in [6.45, 7) is 4.13. The molecule has 0 aliphatic heterocycles. The second-order valence-corrected chi connectivity index (χ2v) is 7.89. The molecule has 0 aromatic heterocycles. The molecule has 0 aliphatic rings. The number of hydrogen-bond acceptors (Lipinski definition) is 3. The zero-order valence-electron chi connectivity index (χ0n) is 16.3. The lowest BCUT2D eigenvalue weighted by Gasteiger charge is -2.09. The molecule has 0 saturated heterocycles. The fourth-order valence-electron chi connectivity index (χ4n) is 2.60. The SMILES string of the molecule is CCOC(=N/C(=N/S(=O)(=O)c1ccc(C)cc1)c1ccccc1)c1ccccc1. The van der Waals surface area contributed by atoms with Crippen LogP contribution in [-0.2, 0) is 14.8 Å². The Labute approximate surface area is 171 Å².